The number of aliphatic imine (C=N–C) groups is 1. The molecule has 0 spiro atoms. The van der Waals surface area contributed by atoms with Crippen molar-refractivity contribution in [2.24, 2.45) is 10.7 Å². The third-order valence-electron chi connectivity index (χ3n) is 5.35. The van der Waals surface area contributed by atoms with E-state index in [0.717, 1.165) is 44.0 Å². The first-order chi connectivity index (χ1) is 11.7. The number of hydrogen-bond donors (Lipinski definition) is 1. The highest BCUT2D eigenvalue weighted by Crippen LogP contribution is 2.44. The zero-order chi connectivity index (χ0) is 17.0. The average Bonchev–Trinajstić information content (AvgIpc) is 3.11. The minimum atomic E-state index is 0. The molecule has 1 aromatic rings. The van der Waals surface area contributed by atoms with E-state index in [1.54, 1.807) is 0 Å². The van der Waals surface area contributed by atoms with Gasteiger partial charge in [-0.3, -0.25) is 4.99 Å². The second-order valence-corrected chi connectivity index (χ2v) is 6.69. The molecule has 1 aliphatic carbocycles. The molecule has 25 heavy (non-hydrogen) atoms. The predicted octanol–water partition coefficient (Wildman–Crippen LogP) is 3.54. The van der Waals surface area contributed by atoms with Crippen LogP contribution in [0.1, 0.15) is 45.1 Å². The van der Waals surface area contributed by atoms with E-state index in [4.69, 9.17) is 20.2 Å². The molecule has 0 unspecified atom stereocenters. The molecule has 0 bridgehead atoms. The highest BCUT2D eigenvalue weighted by molar-refractivity contribution is 14.0. The van der Waals surface area contributed by atoms with Gasteiger partial charge in [0, 0.05) is 18.5 Å². The zero-order valence-corrected chi connectivity index (χ0v) is 17.6. The van der Waals surface area contributed by atoms with E-state index in [9.17, 15) is 0 Å². The summed E-state index contributed by atoms with van der Waals surface area (Å²) in [7, 11) is 0. The fourth-order valence-corrected chi connectivity index (χ4v) is 3.84. The summed E-state index contributed by atoms with van der Waals surface area (Å²) in [6.45, 7) is 8.00. The second kappa shape index (κ2) is 8.96. The van der Waals surface area contributed by atoms with Crippen molar-refractivity contribution in [3.8, 4) is 11.5 Å². The van der Waals surface area contributed by atoms with Crippen LogP contribution in [0.5, 0.6) is 11.5 Å². The van der Waals surface area contributed by atoms with Crippen LogP contribution in [-0.4, -0.2) is 43.7 Å². The zero-order valence-electron chi connectivity index (χ0n) is 15.3. The van der Waals surface area contributed by atoms with Gasteiger partial charge in [-0.15, -0.1) is 24.0 Å². The van der Waals surface area contributed by atoms with Crippen molar-refractivity contribution in [3.05, 3.63) is 23.8 Å². The van der Waals surface area contributed by atoms with Crippen LogP contribution in [-0.2, 0) is 5.41 Å². The smallest absolute Gasteiger partial charge is 0.191 e. The van der Waals surface area contributed by atoms with Crippen molar-refractivity contribution in [1.29, 1.82) is 0 Å². The molecule has 1 heterocycles. The molecule has 1 fully saturated rings. The average molecular weight is 459 g/mol. The minimum absolute atomic E-state index is 0. The van der Waals surface area contributed by atoms with E-state index in [0.29, 0.717) is 19.2 Å². The molecule has 0 radical (unpaired) electrons. The Balaban J connectivity index is 0.00000225. The van der Waals surface area contributed by atoms with Gasteiger partial charge in [0.2, 0.25) is 0 Å². The third-order valence-corrected chi connectivity index (χ3v) is 5.35. The minimum Gasteiger partial charge on any atom is -0.486 e. The first-order valence-electron chi connectivity index (χ1n) is 9.13. The van der Waals surface area contributed by atoms with Gasteiger partial charge in [0.05, 0.1) is 6.54 Å². The Bertz CT molecular complexity index is 596. The fraction of sp³-hybridized carbons (Fsp3) is 0.632. The number of nitrogens with two attached hydrogens (primary N) is 1. The molecule has 1 aromatic carbocycles. The first kappa shape index (κ1) is 20.1. The maximum atomic E-state index is 6.20. The van der Waals surface area contributed by atoms with Gasteiger partial charge in [-0.1, -0.05) is 18.9 Å². The summed E-state index contributed by atoms with van der Waals surface area (Å²) in [5, 5.41) is 0. The molecule has 6 heteroatoms. The van der Waals surface area contributed by atoms with Gasteiger partial charge in [-0.25, -0.2) is 0 Å². The number of rotatable bonds is 5. The summed E-state index contributed by atoms with van der Waals surface area (Å²) in [6, 6.07) is 6.38. The normalized spacial score (nSPS) is 18.6. The van der Waals surface area contributed by atoms with Crippen molar-refractivity contribution in [1.82, 2.24) is 4.90 Å². The fourth-order valence-electron chi connectivity index (χ4n) is 3.84. The van der Waals surface area contributed by atoms with E-state index in [-0.39, 0.29) is 29.4 Å². The third kappa shape index (κ3) is 4.33. The van der Waals surface area contributed by atoms with Crippen LogP contribution in [0.3, 0.4) is 0 Å². The summed E-state index contributed by atoms with van der Waals surface area (Å²) in [5.41, 5.74) is 7.58. The summed E-state index contributed by atoms with van der Waals surface area (Å²) in [4.78, 5) is 6.86. The van der Waals surface area contributed by atoms with Crippen molar-refractivity contribution >= 4 is 29.9 Å². The van der Waals surface area contributed by atoms with Crippen LogP contribution in [0, 0.1) is 0 Å². The lowest BCUT2D eigenvalue weighted by atomic mass is 9.79. The lowest BCUT2D eigenvalue weighted by molar-refractivity contribution is 0.171. The Morgan fingerprint density at radius 1 is 1.12 bits per heavy atom. The maximum Gasteiger partial charge on any atom is 0.191 e. The molecule has 0 amide bonds. The summed E-state index contributed by atoms with van der Waals surface area (Å²) in [6.07, 6.45) is 4.80. The number of ether oxygens (including phenoxy) is 2. The van der Waals surface area contributed by atoms with Crippen LogP contribution >= 0.6 is 24.0 Å². The first-order valence-corrected chi connectivity index (χ1v) is 9.13. The van der Waals surface area contributed by atoms with Gasteiger partial charge in [-0.05, 0) is 44.4 Å². The maximum absolute atomic E-state index is 6.20. The topological polar surface area (TPSA) is 60.1 Å². The van der Waals surface area contributed by atoms with Gasteiger partial charge in [0.1, 0.15) is 13.2 Å². The molecule has 2 N–H and O–H groups in total. The number of benzene rings is 1. The number of nitrogens with zero attached hydrogens (tertiary/aromatic N) is 2. The van der Waals surface area contributed by atoms with Crippen molar-refractivity contribution in [2.75, 3.05) is 32.8 Å². The lowest BCUT2D eigenvalue weighted by Crippen LogP contribution is -2.38. The Morgan fingerprint density at radius 2 is 1.76 bits per heavy atom. The molecule has 0 aromatic heterocycles. The van der Waals surface area contributed by atoms with Crippen molar-refractivity contribution in [2.45, 2.75) is 44.9 Å². The number of fused-ring (bicyclic) bond motifs is 1. The van der Waals surface area contributed by atoms with Crippen LogP contribution in [0.2, 0.25) is 0 Å². The van der Waals surface area contributed by atoms with Crippen LogP contribution < -0.4 is 15.2 Å². The largest absolute Gasteiger partial charge is 0.486 e. The monoisotopic (exact) mass is 459 g/mol. The quantitative estimate of drug-likeness (QED) is 0.416. The molecule has 5 nitrogen and oxygen atoms in total. The number of guanidine groups is 1. The Hall–Kier alpha value is -1.18. The standard InChI is InChI=1S/C19H29N3O2.HI/c1-3-22(4-2)18(20)21-14-19(9-5-6-10-19)15-7-8-16-17(13-15)24-12-11-23-16;/h7-8,13H,3-6,9-12,14H2,1-2H3,(H2,20,21);1H. The Labute approximate surface area is 168 Å². The molecule has 2 aliphatic rings. The van der Waals surface area contributed by atoms with Crippen LogP contribution in [0.25, 0.3) is 0 Å². The van der Waals surface area contributed by atoms with Gasteiger partial charge >= 0.3 is 0 Å². The molecular formula is C19H30IN3O2. The van der Waals surface area contributed by atoms with Gasteiger partial charge in [0.25, 0.3) is 0 Å². The molecule has 3 rings (SSSR count). The molecular weight excluding hydrogens is 429 g/mol. The van der Waals surface area contributed by atoms with Crippen LogP contribution in [0.4, 0.5) is 0 Å². The van der Waals surface area contributed by atoms with Gasteiger partial charge < -0.3 is 20.1 Å². The molecule has 0 atom stereocenters. The van der Waals surface area contributed by atoms with E-state index in [1.165, 1.54) is 18.4 Å². The van der Waals surface area contributed by atoms with Crippen LogP contribution in [0.15, 0.2) is 23.2 Å². The molecule has 0 saturated heterocycles. The highest BCUT2D eigenvalue weighted by atomic mass is 127. The summed E-state index contributed by atoms with van der Waals surface area (Å²) in [5.74, 6) is 2.37. The van der Waals surface area contributed by atoms with E-state index in [1.807, 2.05) is 6.07 Å². The highest BCUT2D eigenvalue weighted by Gasteiger charge is 2.36. The summed E-state index contributed by atoms with van der Waals surface area (Å²) >= 11 is 0. The number of hydrogen-bond acceptors (Lipinski definition) is 3. The van der Waals surface area contributed by atoms with Gasteiger partial charge in [0.15, 0.2) is 17.5 Å². The molecule has 1 saturated carbocycles. The SMILES string of the molecule is CCN(CC)C(N)=NCC1(c2ccc3c(c2)OCCO3)CCCC1.I. The molecule has 140 valence electrons. The predicted molar refractivity (Wildman–Crippen MR) is 112 cm³/mol. The summed E-state index contributed by atoms with van der Waals surface area (Å²) < 4.78 is 11.4. The Kier molecular flexibility index (Phi) is 7.22. The van der Waals surface area contributed by atoms with Gasteiger partial charge in [-0.2, -0.15) is 0 Å². The molecule has 1 aliphatic heterocycles. The van der Waals surface area contributed by atoms with Crippen molar-refractivity contribution < 1.29 is 9.47 Å². The number of halogens is 1. The second-order valence-electron chi connectivity index (χ2n) is 6.69. The lowest BCUT2D eigenvalue weighted by Gasteiger charge is -2.30. The van der Waals surface area contributed by atoms with E-state index in [2.05, 4.69) is 30.9 Å². The van der Waals surface area contributed by atoms with Crippen molar-refractivity contribution in [3.63, 3.8) is 0 Å². The van der Waals surface area contributed by atoms with E-state index >= 15 is 0 Å². The Morgan fingerprint density at radius 3 is 2.40 bits per heavy atom. The van der Waals surface area contributed by atoms with E-state index < -0.39 is 0 Å².